The highest BCUT2D eigenvalue weighted by Gasteiger charge is 2.24. The third kappa shape index (κ3) is 7.39. The van der Waals surface area contributed by atoms with Crippen LogP contribution in [0.5, 0.6) is 0 Å². The van der Waals surface area contributed by atoms with Gasteiger partial charge in [-0.1, -0.05) is 0 Å². The van der Waals surface area contributed by atoms with Crippen LogP contribution in [0.3, 0.4) is 0 Å². The number of anilines is 2. The van der Waals surface area contributed by atoms with Gasteiger partial charge in [0.15, 0.2) is 22.9 Å². The van der Waals surface area contributed by atoms with E-state index in [0.29, 0.717) is 83.1 Å². The summed E-state index contributed by atoms with van der Waals surface area (Å²) in [5, 5.41) is 3.80. The van der Waals surface area contributed by atoms with Gasteiger partial charge in [0.2, 0.25) is 10.9 Å². The zero-order valence-electron chi connectivity index (χ0n) is 27.8. The van der Waals surface area contributed by atoms with Gasteiger partial charge in [-0.15, -0.1) is 35.1 Å². The number of halogens is 1. The third-order valence-electron chi connectivity index (χ3n) is 8.01. The van der Waals surface area contributed by atoms with Gasteiger partial charge in [0.1, 0.15) is 15.0 Å². The highest BCUT2D eigenvalue weighted by molar-refractivity contribution is 7.18. The van der Waals surface area contributed by atoms with Crippen molar-refractivity contribution in [2.45, 2.75) is 26.4 Å². The molecule has 50 heavy (non-hydrogen) atoms. The van der Waals surface area contributed by atoms with Crippen molar-refractivity contribution in [2.75, 3.05) is 62.4 Å². The van der Waals surface area contributed by atoms with E-state index < -0.39 is 11.7 Å². The van der Waals surface area contributed by atoms with Crippen LogP contribution >= 0.6 is 35.1 Å². The van der Waals surface area contributed by atoms with Gasteiger partial charge < -0.3 is 37.8 Å². The Morgan fingerprint density at radius 2 is 1.34 bits per heavy atom. The van der Waals surface area contributed by atoms with E-state index in [1.54, 1.807) is 18.3 Å². The van der Waals surface area contributed by atoms with Crippen LogP contribution in [0.1, 0.15) is 20.8 Å². The molecule has 2 saturated heterocycles. The minimum absolute atomic E-state index is 0. The average molecular weight is 741 g/mol. The second-order valence-electron chi connectivity index (χ2n) is 12.5. The molecule has 6 aromatic rings. The summed E-state index contributed by atoms with van der Waals surface area (Å²) in [5.74, 6) is 1.15. The molecule has 0 atom stereocenters. The molecular weight excluding hydrogens is 704 g/mol. The maximum atomic E-state index is 12.6. The Balaban J connectivity index is 0.000000176. The van der Waals surface area contributed by atoms with E-state index in [9.17, 15) is 14.4 Å². The fourth-order valence-electron chi connectivity index (χ4n) is 5.67. The Morgan fingerprint density at radius 3 is 1.86 bits per heavy atom. The van der Waals surface area contributed by atoms with E-state index in [1.807, 2.05) is 60.8 Å². The molecular formula is C35H37ClN4O8S2. The summed E-state index contributed by atoms with van der Waals surface area (Å²) in [6, 6.07) is 10.6. The van der Waals surface area contributed by atoms with E-state index in [1.165, 1.54) is 33.3 Å². The molecule has 2 aliphatic heterocycles. The Bertz CT molecular complexity index is 2200. The Kier molecular flexibility index (Phi) is 10.6. The highest BCUT2D eigenvalue weighted by Crippen LogP contribution is 2.36. The van der Waals surface area contributed by atoms with Crippen molar-refractivity contribution in [1.82, 2.24) is 9.55 Å². The number of ether oxygens (including phenoxy) is 3. The maximum absolute atomic E-state index is 12.6. The molecule has 264 valence electrons. The summed E-state index contributed by atoms with van der Waals surface area (Å²) in [5.41, 5.74) is 3.70. The summed E-state index contributed by atoms with van der Waals surface area (Å²) in [7, 11) is 0. The van der Waals surface area contributed by atoms with E-state index in [4.69, 9.17) is 23.0 Å². The molecule has 8 rings (SSSR count). The fraction of sp³-hybridized carbons (Fsp3) is 0.343. The van der Waals surface area contributed by atoms with Crippen LogP contribution in [0.2, 0.25) is 0 Å². The molecule has 15 heteroatoms. The van der Waals surface area contributed by atoms with Crippen LogP contribution in [-0.4, -0.2) is 73.9 Å². The van der Waals surface area contributed by atoms with Crippen molar-refractivity contribution in [2.24, 2.45) is 0 Å². The summed E-state index contributed by atoms with van der Waals surface area (Å²) >= 11 is 2.74. The number of hydrogen-bond donors (Lipinski definition) is 1. The van der Waals surface area contributed by atoms with Gasteiger partial charge in [0.25, 0.3) is 0 Å². The lowest BCUT2D eigenvalue weighted by Crippen LogP contribution is -2.36. The lowest BCUT2D eigenvalue weighted by molar-refractivity contribution is 0.0540. The van der Waals surface area contributed by atoms with Crippen molar-refractivity contribution in [3.05, 3.63) is 80.0 Å². The van der Waals surface area contributed by atoms with E-state index in [-0.39, 0.29) is 23.3 Å². The number of carbonyl (C=O) groups is 1. The van der Waals surface area contributed by atoms with E-state index in [0.717, 1.165) is 24.3 Å². The molecule has 0 bridgehead atoms. The van der Waals surface area contributed by atoms with Crippen LogP contribution < -0.4 is 20.7 Å². The lowest BCUT2D eigenvalue weighted by atomic mass is 10.2. The second kappa shape index (κ2) is 14.9. The first-order chi connectivity index (χ1) is 23.7. The molecule has 0 aliphatic carbocycles. The molecule has 0 radical (unpaired) electrons. The first-order valence-corrected chi connectivity index (χ1v) is 17.7. The minimum atomic E-state index is -0.606. The number of hydrogen-bond acceptors (Lipinski definition) is 12. The topological polar surface area (TPSA) is 132 Å². The van der Waals surface area contributed by atoms with Gasteiger partial charge in [-0.05, 0) is 45.0 Å². The van der Waals surface area contributed by atoms with Crippen molar-refractivity contribution in [3.63, 3.8) is 0 Å². The quantitative estimate of drug-likeness (QED) is 0.201. The average Bonchev–Trinajstić information content (AvgIpc) is 3.91. The molecule has 2 aliphatic rings. The number of morpholine rings is 2. The Hall–Kier alpha value is -4.34. The summed E-state index contributed by atoms with van der Waals surface area (Å²) in [6.07, 6.45) is 3.04. The smallest absolute Gasteiger partial charge is 0.418 e. The van der Waals surface area contributed by atoms with Crippen LogP contribution in [0.15, 0.2) is 78.0 Å². The minimum Gasteiger partial charge on any atom is -0.443 e. The largest absolute Gasteiger partial charge is 0.443 e. The van der Waals surface area contributed by atoms with Crippen molar-refractivity contribution >= 4 is 73.5 Å². The zero-order valence-corrected chi connectivity index (χ0v) is 30.2. The summed E-state index contributed by atoms with van der Waals surface area (Å²) < 4.78 is 31.0. The number of aromatic amines is 1. The lowest BCUT2D eigenvalue weighted by Gasteiger charge is -2.27. The van der Waals surface area contributed by atoms with Gasteiger partial charge >= 0.3 is 6.09 Å². The number of nitrogens with one attached hydrogen (secondary N) is 1. The van der Waals surface area contributed by atoms with Crippen LogP contribution in [0.4, 0.5) is 16.6 Å². The van der Waals surface area contributed by atoms with E-state index in [2.05, 4.69) is 9.88 Å². The first-order valence-electron chi connectivity index (χ1n) is 16.0. The van der Waals surface area contributed by atoms with Crippen molar-refractivity contribution < 1.29 is 27.8 Å². The Morgan fingerprint density at radius 1 is 0.800 bits per heavy atom. The third-order valence-corrected chi connectivity index (χ3v) is 9.96. The monoisotopic (exact) mass is 740 g/mol. The summed E-state index contributed by atoms with van der Waals surface area (Å²) in [4.78, 5) is 44.7. The van der Waals surface area contributed by atoms with Gasteiger partial charge in [0, 0.05) is 67.2 Å². The number of aromatic nitrogens is 2. The van der Waals surface area contributed by atoms with Gasteiger partial charge in [-0.25, -0.2) is 4.79 Å². The molecule has 2 fully saturated rings. The molecule has 8 heterocycles. The predicted octanol–water partition coefficient (Wildman–Crippen LogP) is 7.05. The number of nitrogens with zero attached hydrogens (tertiary/aromatic N) is 3. The standard InChI is InChI=1S/C20H22N2O5S.C15H14N2O3S.ClH/c1-20(2,3)27-19(24)22-6-4-5-14(22)13-12-28-18-15(23)11-16(26-17(13)18)21-7-9-25-10-8-21;18-12-8-13(17-4-6-19-7-5-17)20-14-10(9-21-15(12)14)11-2-1-3-16-11;/h4-6,11-12H,7-10H2,1-3H3;1-3,8-9,16H,4-7H2;1H. The summed E-state index contributed by atoms with van der Waals surface area (Å²) in [6.45, 7) is 10.8. The molecule has 0 aromatic carbocycles. The molecule has 0 unspecified atom stereocenters. The second-order valence-corrected chi connectivity index (χ2v) is 14.3. The SMILES string of the molecule is CC(C)(C)OC(=O)n1cccc1-c1csc2c(=O)cc(N3CCOCC3)oc12.Cl.O=c1cc(N2CCOCC2)oc2c(-c3ccc[nH]3)csc12. The molecule has 12 nitrogen and oxygen atoms in total. The predicted molar refractivity (Wildman–Crippen MR) is 199 cm³/mol. The van der Waals surface area contributed by atoms with Gasteiger partial charge in [0.05, 0.1) is 43.2 Å². The fourth-order valence-corrected chi connectivity index (χ4v) is 7.47. The maximum Gasteiger partial charge on any atom is 0.418 e. The van der Waals surface area contributed by atoms with Gasteiger partial charge in [-0.3, -0.25) is 14.2 Å². The number of fused-ring (bicyclic) bond motifs is 2. The zero-order chi connectivity index (χ0) is 34.1. The van der Waals surface area contributed by atoms with Crippen LogP contribution in [0, 0.1) is 0 Å². The van der Waals surface area contributed by atoms with E-state index >= 15 is 0 Å². The highest BCUT2D eigenvalue weighted by atomic mass is 35.5. The number of rotatable bonds is 4. The van der Waals surface area contributed by atoms with Crippen molar-refractivity contribution in [1.29, 1.82) is 0 Å². The number of thiophene rings is 2. The number of H-pyrrole nitrogens is 1. The Labute approximate surface area is 301 Å². The first kappa shape index (κ1) is 35.5. The normalized spacial score (nSPS) is 15.1. The number of carbonyl (C=O) groups excluding carboxylic acids is 1. The molecule has 0 spiro atoms. The molecule has 0 amide bonds. The molecule has 0 saturated carbocycles. The van der Waals surface area contributed by atoms with Crippen LogP contribution in [0.25, 0.3) is 43.1 Å². The molecule has 1 N–H and O–H groups in total. The molecule has 6 aromatic heterocycles. The van der Waals surface area contributed by atoms with Crippen LogP contribution in [-0.2, 0) is 14.2 Å². The van der Waals surface area contributed by atoms with Gasteiger partial charge in [-0.2, -0.15) is 0 Å². The van der Waals surface area contributed by atoms with Crippen molar-refractivity contribution in [3.8, 4) is 22.5 Å².